The molecule has 100 valence electrons. The zero-order valence-corrected chi connectivity index (χ0v) is 11.1. The minimum Gasteiger partial charge on any atom is -0.366 e. The van der Waals surface area contributed by atoms with Crippen molar-refractivity contribution in [2.75, 3.05) is 0 Å². The van der Waals surface area contributed by atoms with E-state index in [0.29, 0.717) is 12.0 Å². The molecule has 2 N–H and O–H groups in total. The Morgan fingerprint density at radius 3 is 2.75 bits per heavy atom. The largest absolute Gasteiger partial charge is 0.366 e. The molecule has 4 heteroatoms. The third kappa shape index (κ3) is 2.16. The number of carbonyl (C=O) groups excluding carboxylic acids is 1. The average molecular weight is 266 g/mol. The van der Waals surface area contributed by atoms with Crippen LogP contribution >= 0.6 is 0 Å². The summed E-state index contributed by atoms with van der Waals surface area (Å²) < 4.78 is 5.25. The number of hydrogen-bond acceptors (Lipinski definition) is 3. The highest BCUT2D eigenvalue weighted by molar-refractivity contribution is 6.00. The van der Waals surface area contributed by atoms with Gasteiger partial charge >= 0.3 is 0 Å². The number of aryl methyl sites for hydroxylation is 1. The molecular weight excluding hydrogens is 252 g/mol. The highest BCUT2D eigenvalue weighted by Crippen LogP contribution is 2.25. The fraction of sp³-hybridized carbons (Fsp3) is 0.125. The molecule has 0 radical (unpaired) electrons. The van der Waals surface area contributed by atoms with Crippen molar-refractivity contribution in [1.29, 1.82) is 0 Å². The molecule has 0 unspecified atom stereocenters. The Bertz CT molecular complexity index is 790. The molecular formula is C16H14N2O2. The number of nitrogens with two attached hydrogens (primary N) is 1. The predicted octanol–water partition coefficient (Wildman–Crippen LogP) is 2.83. The fourth-order valence-corrected chi connectivity index (χ4v) is 2.43. The van der Waals surface area contributed by atoms with E-state index in [1.165, 1.54) is 0 Å². The Balaban J connectivity index is 2.19. The van der Waals surface area contributed by atoms with Crippen molar-refractivity contribution in [3.05, 3.63) is 65.0 Å². The lowest BCUT2D eigenvalue weighted by atomic mass is 9.95. The van der Waals surface area contributed by atoms with Crippen molar-refractivity contribution in [3.8, 4) is 0 Å². The van der Waals surface area contributed by atoms with E-state index >= 15 is 0 Å². The molecule has 0 bridgehead atoms. The number of fused-ring (bicyclic) bond motifs is 1. The number of amides is 1. The van der Waals surface area contributed by atoms with Crippen LogP contribution in [0.15, 0.2) is 47.0 Å². The van der Waals surface area contributed by atoms with Gasteiger partial charge in [0.25, 0.3) is 0 Å². The van der Waals surface area contributed by atoms with E-state index < -0.39 is 5.91 Å². The molecule has 0 aliphatic rings. The Morgan fingerprint density at radius 2 is 2.05 bits per heavy atom. The molecule has 0 aliphatic carbocycles. The minimum atomic E-state index is -0.429. The summed E-state index contributed by atoms with van der Waals surface area (Å²) in [6, 6.07) is 13.5. The Hall–Kier alpha value is -2.62. The zero-order chi connectivity index (χ0) is 14.1. The Morgan fingerprint density at radius 1 is 1.25 bits per heavy atom. The smallest absolute Gasteiger partial charge is 0.249 e. The van der Waals surface area contributed by atoms with Gasteiger partial charge in [0.05, 0.1) is 5.69 Å². The maximum absolute atomic E-state index is 11.6. The van der Waals surface area contributed by atoms with Crippen LogP contribution in [0, 0.1) is 6.92 Å². The highest BCUT2D eigenvalue weighted by Gasteiger charge is 2.14. The lowest BCUT2D eigenvalue weighted by molar-refractivity contribution is 0.0999. The first kappa shape index (κ1) is 12.4. The summed E-state index contributed by atoms with van der Waals surface area (Å²) >= 11 is 0. The summed E-state index contributed by atoms with van der Waals surface area (Å²) in [5.74, 6) is 0.295. The van der Waals surface area contributed by atoms with E-state index in [9.17, 15) is 4.79 Å². The molecule has 1 aromatic heterocycles. The molecule has 0 fully saturated rings. The van der Waals surface area contributed by atoms with Crippen LogP contribution in [-0.2, 0) is 6.42 Å². The molecule has 20 heavy (non-hydrogen) atoms. The van der Waals surface area contributed by atoms with Gasteiger partial charge in [-0.25, -0.2) is 0 Å². The maximum Gasteiger partial charge on any atom is 0.249 e. The lowest BCUT2D eigenvalue weighted by Gasteiger charge is -2.09. The molecule has 0 saturated carbocycles. The predicted molar refractivity (Wildman–Crippen MR) is 76.5 cm³/mol. The number of aromatic nitrogens is 1. The van der Waals surface area contributed by atoms with Crippen LogP contribution in [0.25, 0.3) is 10.8 Å². The summed E-state index contributed by atoms with van der Waals surface area (Å²) in [6.45, 7) is 1.87. The van der Waals surface area contributed by atoms with Gasteiger partial charge in [-0.2, -0.15) is 0 Å². The summed E-state index contributed by atoms with van der Waals surface area (Å²) in [6.07, 6.45) is 0.500. The lowest BCUT2D eigenvalue weighted by Crippen LogP contribution is -2.14. The van der Waals surface area contributed by atoms with Crippen molar-refractivity contribution in [2.24, 2.45) is 5.73 Å². The van der Waals surface area contributed by atoms with Gasteiger partial charge in [-0.3, -0.25) is 4.79 Å². The third-order valence-corrected chi connectivity index (χ3v) is 3.33. The summed E-state index contributed by atoms with van der Waals surface area (Å²) in [4.78, 5) is 11.6. The number of benzene rings is 2. The first-order valence-electron chi connectivity index (χ1n) is 6.38. The van der Waals surface area contributed by atoms with Gasteiger partial charge in [-0.1, -0.05) is 35.5 Å². The second kappa shape index (κ2) is 4.81. The molecule has 4 nitrogen and oxygen atoms in total. The van der Waals surface area contributed by atoms with E-state index in [1.807, 2.05) is 43.3 Å². The van der Waals surface area contributed by atoms with Crippen LogP contribution < -0.4 is 5.73 Å². The first-order chi connectivity index (χ1) is 9.65. The average Bonchev–Trinajstić information content (AvgIpc) is 2.84. The minimum absolute atomic E-state index is 0.429. The fourth-order valence-electron chi connectivity index (χ4n) is 2.43. The zero-order valence-electron chi connectivity index (χ0n) is 11.1. The van der Waals surface area contributed by atoms with Crippen LogP contribution in [0.1, 0.15) is 27.4 Å². The number of primary amides is 1. The second-order valence-corrected chi connectivity index (χ2v) is 4.79. The van der Waals surface area contributed by atoms with Crippen molar-refractivity contribution in [1.82, 2.24) is 5.16 Å². The maximum atomic E-state index is 11.6. The molecule has 1 heterocycles. The summed E-state index contributed by atoms with van der Waals surface area (Å²) in [7, 11) is 0. The van der Waals surface area contributed by atoms with Gasteiger partial charge in [-0.15, -0.1) is 0 Å². The Labute approximate surface area is 116 Å². The number of hydrogen-bond donors (Lipinski definition) is 1. The molecule has 0 spiro atoms. The van der Waals surface area contributed by atoms with E-state index in [1.54, 1.807) is 6.07 Å². The Kier molecular flexibility index (Phi) is 2.99. The van der Waals surface area contributed by atoms with Gasteiger partial charge in [0, 0.05) is 18.1 Å². The van der Waals surface area contributed by atoms with Crippen molar-refractivity contribution in [3.63, 3.8) is 0 Å². The van der Waals surface area contributed by atoms with Crippen LogP contribution in [0.4, 0.5) is 0 Å². The standard InChI is InChI=1S/C16H14N2O2/c1-10-8-12(20-18-10)9-15-13-5-3-2-4-11(13)6-7-14(15)16(17)19/h2-8H,9H2,1H3,(H2,17,19). The van der Waals surface area contributed by atoms with Crippen LogP contribution in [0.2, 0.25) is 0 Å². The quantitative estimate of drug-likeness (QED) is 0.792. The molecule has 2 aromatic carbocycles. The number of nitrogens with zero attached hydrogens (tertiary/aromatic N) is 1. The summed E-state index contributed by atoms with van der Waals surface area (Å²) in [5, 5.41) is 5.96. The van der Waals surface area contributed by atoms with Gasteiger partial charge in [0.2, 0.25) is 5.91 Å². The summed E-state index contributed by atoms with van der Waals surface area (Å²) in [5.41, 5.74) is 7.71. The molecule has 0 aliphatic heterocycles. The van der Waals surface area contributed by atoms with E-state index in [-0.39, 0.29) is 0 Å². The third-order valence-electron chi connectivity index (χ3n) is 3.33. The van der Waals surface area contributed by atoms with E-state index in [4.69, 9.17) is 10.3 Å². The van der Waals surface area contributed by atoms with Crippen LogP contribution in [0.3, 0.4) is 0 Å². The van der Waals surface area contributed by atoms with E-state index in [2.05, 4.69) is 5.16 Å². The van der Waals surface area contributed by atoms with Crippen LogP contribution in [-0.4, -0.2) is 11.1 Å². The van der Waals surface area contributed by atoms with Crippen molar-refractivity contribution >= 4 is 16.7 Å². The monoisotopic (exact) mass is 266 g/mol. The molecule has 1 amide bonds. The van der Waals surface area contributed by atoms with Crippen molar-refractivity contribution < 1.29 is 9.32 Å². The number of rotatable bonds is 3. The van der Waals surface area contributed by atoms with Gasteiger partial charge < -0.3 is 10.3 Å². The second-order valence-electron chi connectivity index (χ2n) is 4.79. The van der Waals surface area contributed by atoms with Crippen LogP contribution in [0.5, 0.6) is 0 Å². The topological polar surface area (TPSA) is 69.1 Å². The molecule has 3 rings (SSSR count). The SMILES string of the molecule is Cc1cc(Cc2c(C(N)=O)ccc3ccccc23)on1. The van der Waals surface area contributed by atoms with Gasteiger partial charge in [0.15, 0.2) is 0 Å². The molecule has 0 atom stereocenters. The normalized spacial score (nSPS) is 10.8. The van der Waals surface area contributed by atoms with Crippen molar-refractivity contribution in [2.45, 2.75) is 13.3 Å². The van der Waals surface area contributed by atoms with Gasteiger partial charge in [-0.05, 0) is 29.3 Å². The molecule has 0 saturated heterocycles. The van der Waals surface area contributed by atoms with E-state index in [0.717, 1.165) is 27.8 Å². The highest BCUT2D eigenvalue weighted by atomic mass is 16.5. The van der Waals surface area contributed by atoms with Gasteiger partial charge in [0.1, 0.15) is 5.76 Å². The first-order valence-corrected chi connectivity index (χ1v) is 6.38. The molecule has 3 aromatic rings. The number of carbonyl (C=O) groups is 1.